The molecule has 2 aromatic rings. The second kappa shape index (κ2) is 6.73. The molecule has 0 spiro atoms. The molecule has 0 saturated heterocycles. The smallest absolute Gasteiger partial charge is 0.241 e. The maximum absolute atomic E-state index is 11.7. The number of ether oxygens (including phenoxy) is 1. The van der Waals surface area contributed by atoms with E-state index in [4.69, 9.17) is 10.5 Å². The fourth-order valence-electron chi connectivity index (χ4n) is 1.68. The molecule has 1 atom stereocenters. The molecule has 1 unspecified atom stereocenters. The maximum atomic E-state index is 11.7. The fourth-order valence-corrected chi connectivity index (χ4v) is 1.68. The minimum absolute atomic E-state index is 0.190. The Labute approximate surface area is 118 Å². The normalized spacial score (nSPS) is 11.7. The molecule has 0 radical (unpaired) electrons. The molecule has 0 aliphatic heterocycles. The SMILES string of the molecule is CCC(N)C(=O)Nc1cccc(Oc2ccccc2)c1. The van der Waals surface area contributed by atoms with Crippen LogP contribution in [0.2, 0.25) is 0 Å². The van der Waals surface area contributed by atoms with Crippen LogP contribution < -0.4 is 15.8 Å². The van der Waals surface area contributed by atoms with Crippen molar-refractivity contribution in [1.29, 1.82) is 0 Å². The largest absolute Gasteiger partial charge is 0.457 e. The predicted octanol–water partition coefficient (Wildman–Crippen LogP) is 3.15. The highest BCUT2D eigenvalue weighted by molar-refractivity contribution is 5.94. The number of para-hydroxylation sites is 1. The summed E-state index contributed by atoms with van der Waals surface area (Å²) in [4.78, 5) is 11.7. The van der Waals surface area contributed by atoms with Gasteiger partial charge in [-0.05, 0) is 30.7 Å². The summed E-state index contributed by atoms with van der Waals surface area (Å²) < 4.78 is 5.70. The molecule has 0 aliphatic rings. The Bertz CT molecular complexity index is 570. The number of hydrogen-bond acceptors (Lipinski definition) is 3. The summed E-state index contributed by atoms with van der Waals surface area (Å²) in [6.07, 6.45) is 0.603. The van der Waals surface area contributed by atoms with Crippen molar-refractivity contribution < 1.29 is 9.53 Å². The van der Waals surface area contributed by atoms with E-state index in [1.165, 1.54) is 0 Å². The summed E-state index contributed by atoms with van der Waals surface area (Å²) in [7, 11) is 0. The van der Waals surface area contributed by atoms with Crippen LogP contribution in [-0.2, 0) is 4.79 Å². The van der Waals surface area contributed by atoms with Crippen LogP contribution in [0.15, 0.2) is 54.6 Å². The van der Waals surface area contributed by atoms with Crippen LogP contribution in [0.3, 0.4) is 0 Å². The van der Waals surface area contributed by atoms with E-state index in [9.17, 15) is 4.79 Å². The Morgan fingerprint density at radius 2 is 1.85 bits per heavy atom. The Morgan fingerprint density at radius 1 is 1.15 bits per heavy atom. The lowest BCUT2D eigenvalue weighted by Crippen LogP contribution is -2.34. The standard InChI is InChI=1S/C16H18N2O2/c1-2-15(17)16(19)18-12-7-6-10-14(11-12)20-13-8-4-3-5-9-13/h3-11,15H,2,17H2,1H3,(H,18,19). The third kappa shape index (κ3) is 3.83. The van der Waals surface area contributed by atoms with E-state index < -0.39 is 6.04 Å². The molecule has 3 N–H and O–H groups in total. The summed E-state index contributed by atoms with van der Waals surface area (Å²) in [5, 5.41) is 2.77. The first-order valence-electron chi connectivity index (χ1n) is 6.58. The molecule has 0 aromatic heterocycles. The number of rotatable bonds is 5. The minimum Gasteiger partial charge on any atom is -0.457 e. The van der Waals surface area contributed by atoms with Crippen molar-refractivity contribution in [2.45, 2.75) is 19.4 Å². The van der Waals surface area contributed by atoms with Crippen LogP contribution >= 0.6 is 0 Å². The van der Waals surface area contributed by atoms with Gasteiger partial charge in [0, 0.05) is 11.8 Å². The Morgan fingerprint density at radius 3 is 2.55 bits per heavy atom. The lowest BCUT2D eigenvalue weighted by molar-refractivity contribution is -0.117. The van der Waals surface area contributed by atoms with Gasteiger partial charge in [0.15, 0.2) is 0 Å². The van der Waals surface area contributed by atoms with Crippen molar-refractivity contribution in [3.63, 3.8) is 0 Å². The van der Waals surface area contributed by atoms with Crippen LogP contribution in [-0.4, -0.2) is 11.9 Å². The van der Waals surface area contributed by atoms with Gasteiger partial charge in [0.2, 0.25) is 5.91 Å². The van der Waals surface area contributed by atoms with E-state index in [1.807, 2.05) is 49.4 Å². The Balaban J connectivity index is 2.06. The monoisotopic (exact) mass is 270 g/mol. The molecular weight excluding hydrogens is 252 g/mol. The highest BCUT2D eigenvalue weighted by Gasteiger charge is 2.11. The molecule has 1 amide bonds. The number of anilines is 1. The topological polar surface area (TPSA) is 64.4 Å². The highest BCUT2D eigenvalue weighted by atomic mass is 16.5. The van der Waals surface area contributed by atoms with E-state index in [1.54, 1.807) is 12.1 Å². The van der Waals surface area contributed by atoms with Crippen LogP contribution in [0.25, 0.3) is 0 Å². The number of carbonyl (C=O) groups excluding carboxylic acids is 1. The van der Waals surface area contributed by atoms with Crippen LogP contribution in [0.4, 0.5) is 5.69 Å². The summed E-state index contributed by atoms with van der Waals surface area (Å²) >= 11 is 0. The maximum Gasteiger partial charge on any atom is 0.241 e. The average Bonchev–Trinajstić information content (AvgIpc) is 2.47. The molecule has 0 saturated carbocycles. The second-order valence-corrected chi connectivity index (χ2v) is 4.45. The van der Waals surface area contributed by atoms with Gasteiger partial charge in [-0.1, -0.05) is 31.2 Å². The van der Waals surface area contributed by atoms with Gasteiger partial charge in [-0.3, -0.25) is 4.79 Å². The quantitative estimate of drug-likeness (QED) is 0.877. The van der Waals surface area contributed by atoms with Crippen molar-refractivity contribution >= 4 is 11.6 Å². The lowest BCUT2D eigenvalue weighted by atomic mass is 10.2. The number of nitrogens with one attached hydrogen (secondary N) is 1. The van der Waals surface area contributed by atoms with Gasteiger partial charge in [-0.2, -0.15) is 0 Å². The molecule has 104 valence electrons. The molecule has 0 bridgehead atoms. The van der Waals surface area contributed by atoms with E-state index in [0.29, 0.717) is 17.9 Å². The van der Waals surface area contributed by atoms with Crippen molar-refractivity contribution in [2.75, 3.05) is 5.32 Å². The first-order chi connectivity index (χ1) is 9.69. The molecule has 4 heteroatoms. The van der Waals surface area contributed by atoms with Gasteiger partial charge >= 0.3 is 0 Å². The van der Waals surface area contributed by atoms with Crippen LogP contribution in [0.5, 0.6) is 11.5 Å². The van der Waals surface area contributed by atoms with Gasteiger partial charge in [-0.15, -0.1) is 0 Å². The van der Waals surface area contributed by atoms with E-state index in [-0.39, 0.29) is 5.91 Å². The van der Waals surface area contributed by atoms with Gasteiger partial charge in [0.25, 0.3) is 0 Å². The minimum atomic E-state index is -0.492. The van der Waals surface area contributed by atoms with Gasteiger partial charge in [0.1, 0.15) is 11.5 Å². The van der Waals surface area contributed by atoms with E-state index >= 15 is 0 Å². The number of nitrogens with two attached hydrogens (primary N) is 1. The predicted molar refractivity (Wildman–Crippen MR) is 79.9 cm³/mol. The molecule has 2 rings (SSSR count). The van der Waals surface area contributed by atoms with Gasteiger partial charge < -0.3 is 15.8 Å². The molecule has 2 aromatic carbocycles. The summed E-state index contributed by atoms with van der Waals surface area (Å²) in [5.74, 6) is 1.23. The first kappa shape index (κ1) is 14.1. The van der Waals surface area contributed by atoms with Crippen LogP contribution in [0.1, 0.15) is 13.3 Å². The zero-order valence-electron chi connectivity index (χ0n) is 11.4. The molecule has 4 nitrogen and oxygen atoms in total. The summed E-state index contributed by atoms with van der Waals surface area (Å²) in [6.45, 7) is 1.87. The Kier molecular flexibility index (Phi) is 4.74. The molecule has 0 aliphatic carbocycles. The number of hydrogen-bond donors (Lipinski definition) is 2. The first-order valence-corrected chi connectivity index (χ1v) is 6.58. The lowest BCUT2D eigenvalue weighted by Gasteiger charge is -2.11. The third-order valence-electron chi connectivity index (χ3n) is 2.86. The molecular formula is C16H18N2O2. The van der Waals surface area contributed by atoms with Crippen molar-refractivity contribution in [3.8, 4) is 11.5 Å². The highest BCUT2D eigenvalue weighted by Crippen LogP contribution is 2.23. The summed E-state index contributed by atoms with van der Waals surface area (Å²) in [5.41, 5.74) is 6.36. The van der Waals surface area contributed by atoms with E-state index in [0.717, 1.165) is 5.75 Å². The van der Waals surface area contributed by atoms with Crippen molar-refractivity contribution in [1.82, 2.24) is 0 Å². The number of carbonyl (C=O) groups is 1. The fraction of sp³-hybridized carbons (Fsp3) is 0.188. The summed E-state index contributed by atoms with van der Waals surface area (Å²) in [6, 6.07) is 16.2. The van der Waals surface area contributed by atoms with Crippen LogP contribution in [0, 0.1) is 0 Å². The zero-order valence-corrected chi connectivity index (χ0v) is 11.4. The van der Waals surface area contributed by atoms with Gasteiger partial charge in [0.05, 0.1) is 6.04 Å². The number of amides is 1. The van der Waals surface area contributed by atoms with Crippen molar-refractivity contribution in [3.05, 3.63) is 54.6 Å². The zero-order chi connectivity index (χ0) is 14.4. The van der Waals surface area contributed by atoms with E-state index in [2.05, 4.69) is 5.32 Å². The van der Waals surface area contributed by atoms with Gasteiger partial charge in [-0.25, -0.2) is 0 Å². The second-order valence-electron chi connectivity index (χ2n) is 4.45. The molecule has 20 heavy (non-hydrogen) atoms. The molecule has 0 heterocycles. The average molecular weight is 270 g/mol. The number of benzene rings is 2. The third-order valence-corrected chi connectivity index (χ3v) is 2.86. The van der Waals surface area contributed by atoms with Crippen molar-refractivity contribution in [2.24, 2.45) is 5.73 Å². The Hall–Kier alpha value is -2.33. The molecule has 0 fully saturated rings.